The third kappa shape index (κ3) is 4.59. The Morgan fingerprint density at radius 2 is 2.21 bits per heavy atom. The molecule has 0 aliphatic carbocycles. The lowest BCUT2D eigenvalue weighted by atomic mass is 9.96. The zero-order valence-corrected chi connectivity index (χ0v) is 17.2. The molecule has 1 N–H and O–H groups in total. The van der Waals surface area contributed by atoms with Gasteiger partial charge in [0.1, 0.15) is 5.69 Å². The lowest BCUT2D eigenvalue weighted by molar-refractivity contribution is -0.121. The maximum Gasteiger partial charge on any atom is 0.231 e. The summed E-state index contributed by atoms with van der Waals surface area (Å²) < 4.78 is 1.66. The van der Waals surface area contributed by atoms with Gasteiger partial charge in [-0.2, -0.15) is 0 Å². The highest BCUT2D eigenvalue weighted by Crippen LogP contribution is 2.23. The number of amides is 1. The number of nitrogens with zero attached hydrogens (tertiary/aromatic N) is 6. The summed E-state index contributed by atoms with van der Waals surface area (Å²) >= 11 is 0. The van der Waals surface area contributed by atoms with Crippen LogP contribution in [-0.2, 0) is 11.8 Å². The van der Waals surface area contributed by atoms with Crippen molar-refractivity contribution in [1.29, 1.82) is 0 Å². The molecule has 152 valence electrons. The number of likely N-dealkylation sites (tertiary alicyclic amines) is 1. The van der Waals surface area contributed by atoms with Crippen LogP contribution in [0.25, 0.3) is 22.2 Å². The minimum atomic E-state index is -0.0206. The first-order valence-electron chi connectivity index (χ1n) is 10.1. The van der Waals surface area contributed by atoms with Gasteiger partial charge in [-0.05, 0) is 31.4 Å². The number of hydrogen-bond donors (Lipinski definition) is 1. The average Bonchev–Trinajstić information content (AvgIpc) is 3.13. The van der Waals surface area contributed by atoms with Gasteiger partial charge in [-0.3, -0.25) is 14.8 Å². The number of aromatic nitrogens is 5. The van der Waals surface area contributed by atoms with Crippen molar-refractivity contribution in [2.24, 2.45) is 18.9 Å². The summed E-state index contributed by atoms with van der Waals surface area (Å²) in [6.45, 7) is 7.32. The van der Waals surface area contributed by atoms with Gasteiger partial charge in [0.25, 0.3) is 0 Å². The molecule has 0 unspecified atom stereocenters. The fraction of sp³-hybridized carbons (Fsp3) is 0.476. The Kier molecular flexibility index (Phi) is 5.53. The van der Waals surface area contributed by atoms with Crippen molar-refractivity contribution in [3.05, 3.63) is 30.6 Å². The smallest absolute Gasteiger partial charge is 0.231 e. The lowest BCUT2D eigenvalue weighted by Crippen LogP contribution is -2.42. The maximum atomic E-state index is 12.8. The van der Waals surface area contributed by atoms with Crippen LogP contribution in [0.2, 0.25) is 0 Å². The van der Waals surface area contributed by atoms with Crippen LogP contribution in [0.5, 0.6) is 0 Å². The number of fused-ring (bicyclic) bond motifs is 1. The largest absolute Gasteiger partial charge is 0.302 e. The Bertz CT molecular complexity index is 1010. The molecule has 1 aliphatic heterocycles. The minimum Gasteiger partial charge on any atom is -0.302 e. The second-order valence-electron chi connectivity index (χ2n) is 8.23. The van der Waals surface area contributed by atoms with Crippen LogP contribution in [0, 0.1) is 11.8 Å². The molecule has 2 aromatic heterocycles. The molecule has 0 bridgehead atoms. The normalized spacial score (nSPS) is 17.7. The van der Waals surface area contributed by atoms with E-state index in [4.69, 9.17) is 0 Å². The highest BCUT2D eigenvalue weighted by atomic mass is 16.2. The van der Waals surface area contributed by atoms with Crippen molar-refractivity contribution >= 4 is 22.8 Å². The molecule has 8 nitrogen and oxygen atoms in total. The van der Waals surface area contributed by atoms with Gasteiger partial charge < -0.3 is 4.90 Å². The molecule has 4 rings (SSSR count). The zero-order valence-electron chi connectivity index (χ0n) is 17.2. The number of benzene rings is 1. The van der Waals surface area contributed by atoms with Crippen molar-refractivity contribution in [1.82, 2.24) is 29.9 Å². The predicted molar refractivity (Wildman–Crippen MR) is 112 cm³/mol. The molecule has 1 amide bonds. The summed E-state index contributed by atoms with van der Waals surface area (Å²) in [6, 6.07) is 5.87. The summed E-state index contributed by atoms with van der Waals surface area (Å²) in [5.41, 5.74) is 2.48. The van der Waals surface area contributed by atoms with Crippen LogP contribution in [0.1, 0.15) is 26.7 Å². The van der Waals surface area contributed by atoms with Crippen LogP contribution < -0.4 is 5.32 Å². The lowest BCUT2D eigenvalue weighted by Gasteiger charge is -2.32. The Morgan fingerprint density at radius 3 is 2.97 bits per heavy atom. The molecule has 1 aromatic carbocycles. The van der Waals surface area contributed by atoms with Crippen molar-refractivity contribution < 1.29 is 4.79 Å². The van der Waals surface area contributed by atoms with Crippen LogP contribution in [0.15, 0.2) is 30.6 Å². The van der Waals surface area contributed by atoms with Gasteiger partial charge in [0.2, 0.25) is 11.9 Å². The molecule has 8 heteroatoms. The Labute approximate surface area is 170 Å². The van der Waals surface area contributed by atoms with E-state index in [1.807, 2.05) is 31.4 Å². The van der Waals surface area contributed by atoms with E-state index in [2.05, 4.69) is 44.3 Å². The van der Waals surface area contributed by atoms with E-state index in [1.54, 1.807) is 10.9 Å². The summed E-state index contributed by atoms with van der Waals surface area (Å²) in [7, 11) is 1.83. The number of hydrogen-bond acceptors (Lipinski definition) is 6. The van der Waals surface area contributed by atoms with Crippen LogP contribution in [0.3, 0.4) is 0 Å². The number of anilines is 1. The fourth-order valence-electron chi connectivity index (χ4n) is 3.89. The number of piperidine rings is 1. The molecule has 3 aromatic rings. The van der Waals surface area contributed by atoms with Crippen LogP contribution >= 0.6 is 0 Å². The summed E-state index contributed by atoms with van der Waals surface area (Å²) in [5.74, 6) is 0.930. The standard InChI is InChI=1S/C21H27N7O/c1-14(2)11-28-8-4-5-17(12-28)20(29)24-21-22-10-16-7-6-15(9-18(16)23-21)19-13-27(3)26-25-19/h6-7,9-10,13-14,17H,4-5,8,11-12H2,1-3H3,(H,22,23,24,29)/t17-/m1/s1. The first-order valence-corrected chi connectivity index (χ1v) is 10.1. The van der Waals surface area contributed by atoms with Gasteiger partial charge in [-0.25, -0.2) is 9.97 Å². The van der Waals surface area contributed by atoms with Gasteiger partial charge in [-0.1, -0.05) is 31.2 Å². The molecule has 3 heterocycles. The monoisotopic (exact) mass is 393 g/mol. The molecule has 0 saturated carbocycles. The third-order valence-electron chi connectivity index (χ3n) is 5.22. The van der Waals surface area contributed by atoms with E-state index < -0.39 is 0 Å². The maximum absolute atomic E-state index is 12.8. The quantitative estimate of drug-likeness (QED) is 0.717. The van der Waals surface area contributed by atoms with Crippen molar-refractivity contribution in [3.8, 4) is 11.3 Å². The molecule has 1 saturated heterocycles. The number of aryl methyl sites for hydroxylation is 1. The first-order chi connectivity index (χ1) is 14.0. The van der Waals surface area contributed by atoms with Crippen molar-refractivity contribution in [3.63, 3.8) is 0 Å². The van der Waals surface area contributed by atoms with Crippen molar-refractivity contribution in [2.45, 2.75) is 26.7 Å². The fourth-order valence-corrected chi connectivity index (χ4v) is 3.89. The Morgan fingerprint density at radius 1 is 1.34 bits per heavy atom. The van der Waals surface area contributed by atoms with E-state index in [0.717, 1.165) is 54.6 Å². The topological polar surface area (TPSA) is 88.8 Å². The summed E-state index contributed by atoms with van der Waals surface area (Å²) in [4.78, 5) is 24.1. The molecule has 1 atom stereocenters. The van der Waals surface area contributed by atoms with Gasteiger partial charge in [-0.15, -0.1) is 5.10 Å². The molecule has 1 aliphatic rings. The Balaban J connectivity index is 1.49. The molecular formula is C21H27N7O. The van der Waals surface area contributed by atoms with Gasteiger partial charge in [0.05, 0.1) is 17.6 Å². The third-order valence-corrected chi connectivity index (χ3v) is 5.22. The van der Waals surface area contributed by atoms with Gasteiger partial charge >= 0.3 is 0 Å². The zero-order chi connectivity index (χ0) is 20.4. The number of carbonyl (C=O) groups excluding carboxylic acids is 1. The van der Waals surface area contributed by atoms with E-state index in [-0.39, 0.29) is 11.8 Å². The first kappa shape index (κ1) is 19.4. The van der Waals surface area contributed by atoms with Gasteiger partial charge in [0, 0.05) is 37.3 Å². The minimum absolute atomic E-state index is 0.00267. The van der Waals surface area contributed by atoms with E-state index in [1.165, 1.54) is 0 Å². The molecule has 29 heavy (non-hydrogen) atoms. The Hall–Kier alpha value is -2.87. The SMILES string of the molecule is CC(C)CN1CCC[C@@H](C(=O)Nc2ncc3ccc(-c4cn(C)nn4)cc3n2)C1. The van der Waals surface area contributed by atoms with E-state index in [0.29, 0.717) is 11.9 Å². The summed E-state index contributed by atoms with van der Waals surface area (Å²) in [5, 5.41) is 12.0. The van der Waals surface area contributed by atoms with Crippen molar-refractivity contribution in [2.75, 3.05) is 25.0 Å². The number of carbonyl (C=O) groups is 1. The molecular weight excluding hydrogens is 366 g/mol. The molecule has 1 fully saturated rings. The van der Waals surface area contributed by atoms with E-state index >= 15 is 0 Å². The number of nitrogens with one attached hydrogen (secondary N) is 1. The van der Waals surface area contributed by atoms with Crippen LogP contribution in [0.4, 0.5) is 5.95 Å². The summed E-state index contributed by atoms with van der Waals surface area (Å²) in [6.07, 6.45) is 5.55. The van der Waals surface area contributed by atoms with Gasteiger partial charge in [0.15, 0.2) is 0 Å². The average molecular weight is 393 g/mol. The highest BCUT2D eigenvalue weighted by Gasteiger charge is 2.26. The molecule has 0 spiro atoms. The number of rotatable bonds is 5. The highest BCUT2D eigenvalue weighted by molar-refractivity contribution is 5.92. The second kappa shape index (κ2) is 8.24. The van der Waals surface area contributed by atoms with Crippen LogP contribution in [-0.4, -0.2) is 55.4 Å². The van der Waals surface area contributed by atoms with E-state index in [9.17, 15) is 4.79 Å². The predicted octanol–water partition coefficient (Wildman–Crippen LogP) is 2.73. The molecule has 0 radical (unpaired) electrons. The second-order valence-corrected chi connectivity index (χ2v) is 8.23.